The average molecular weight is 503 g/mol. The van der Waals surface area contributed by atoms with E-state index in [9.17, 15) is 17.6 Å². The van der Waals surface area contributed by atoms with E-state index in [1.165, 1.54) is 20.3 Å². The van der Waals surface area contributed by atoms with Crippen LogP contribution < -0.4 is 29.0 Å². The van der Waals surface area contributed by atoms with Crippen LogP contribution in [0.3, 0.4) is 0 Å². The highest BCUT2D eigenvalue weighted by molar-refractivity contribution is 7.89. The first kappa shape index (κ1) is 24.3. The van der Waals surface area contributed by atoms with Gasteiger partial charge in [-0.1, -0.05) is 12.1 Å². The zero-order valence-corrected chi connectivity index (χ0v) is 19.7. The van der Waals surface area contributed by atoms with Crippen molar-refractivity contribution in [3.63, 3.8) is 0 Å². The van der Waals surface area contributed by atoms with Crippen LogP contribution in [0.4, 0.5) is 10.1 Å². The van der Waals surface area contributed by atoms with Crippen LogP contribution in [0, 0.1) is 5.82 Å². The van der Waals surface area contributed by atoms with Crippen molar-refractivity contribution in [1.29, 1.82) is 0 Å². The average Bonchev–Trinajstić information content (AvgIpc) is 2.87. The molecule has 9 nitrogen and oxygen atoms in total. The van der Waals surface area contributed by atoms with E-state index in [1.54, 1.807) is 36.4 Å². The molecule has 1 amide bonds. The summed E-state index contributed by atoms with van der Waals surface area (Å²) in [6.45, 7) is 0.0650. The third kappa shape index (κ3) is 5.47. The van der Waals surface area contributed by atoms with Crippen LogP contribution >= 0.6 is 0 Å². The molecular formula is C24H23FN2O7S. The van der Waals surface area contributed by atoms with Crippen LogP contribution in [0.15, 0.2) is 65.6 Å². The van der Waals surface area contributed by atoms with Crippen molar-refractivity contribution < 1.29 is 36.6 Å². The van der Waals surface area contributed by atoms with Gasteiger partial charge in [-0.15, -0.1) is 0 Å². The molecule has 0 spiro atoms. The number of ether oxygens (including phenoxy) is 4. The van der Waals surface area contributed by atoms with Gasteiger partial charge in [-0.3, -0.25) is 4.79 Å². The number of para-hydroxylation sites is 2. The van der Waals surface area contributed by atoms with Crippen LogP contribution in [0.5, 0.6) is 23.0 Å². The van der Waals surface area contributed by atoms with Gasteiger partial charge in [0.2, 0.25) is 10.0 Å². The van der Waals surface area contributed by atoms with Gasteiger partial charge in [0.1, 0.15) is 30.0 Å². The first-order valence-electron chi connectivity index (χ1n) is 10.5. The second-order valence-electron chi connectivity index (χ2n) is 7.51. The lowest BCUT2D eigenvalue weighted by atomic mass is 10.2. The summed E-state index contributed by atoms with van der Waals surface area (Å²) in [5, 5.41) is 2.53. The summed E-state index contributed by atoms with van der Waals surface area (Å²) in [7, 11) is -1.21. The summed E-state index contributed by atoms with van der Waals surface area (Å²) in [6.07, 6.45) is -0.566. The molecule has 1 atom stereocenters. The molecule has 0 saturated carbocycles. The molecule has 0 aromatic heterocycles. The molecule has 0 radical (unpaired) electrons. The fraction of sp³-hybridized carbons (Fsp3) is 0.208. The molecule has 0 aliphatic carbocycles. The molecule has 1 unspecified atom stereocenters. The van der Waals surface area contributed by atoms with Gasteiger partial charge in [0.15, 0.2) is 11.5 Å². The van der Waals surface area contributed by atoms with Gasteiger partial charge in [0.25, 0.3) is 5.91 Å². The second kappa shape index (κ2) is 10.2. The van der Waals surface area contributed by atoms with Crippen molar-refractivity contribution in [2.45, 2.75) is 11.0 Å². The molecule has 0 bridgehead atoms. The fourth-order valence-electron chi connectivity index (χ4n) is 3.40. The van der Waals surface area contributed by atoms with Gasteiger partial charge in [-0.2, -0.15) is 0 Å². The highest BCUT2D eigenvalue weighted by Crippen LogP contribution is 2.31. The number of hydrogen-bond donors (Lipinski definition) is 2. The summed E-state index contributed by atoms with van der Waals surface area (Å²) in [4.78, 5) is 12.5. The summed E-state index contributed by atoms with van der Waals surface area (Å²) < 4.78 is 64.3. The summed E-state index contributed by atoms with van der Waals surface area (Å²) in [5.74, 6) is 0.112. The second-order valence-corrected chi connectivity index (χ2v) is 9.28. The third-order valence-electron chi connectivity index (χ3n) is 5.22. The van der Waals surface area contributed by atoms with Gasteiger partial charge in [0, 0.05) is 6.07 Å². The molecule has 3 aromatic rings. The van der Waals surface area contributed by atoms with E-state index in [2.05, 4.69) is 10.0 Å². The number of methoxy groups -OCH3 is 2. The van der Waals surface area contributed by atoms with E-state index in [4.69, 9.17) is 18.9 Å². The van der Waals surface area contributed by atoms with Gasteiger partial charge in [-0.25, -0.2) is 17.5 Å². The summed E-state index contributed by atoms with van der Waals surface area (Å²) in [6, 6.07) is 14.7. The number of hydrogen-bond acceptors (Lipinski definition) is 7. The van der Waals surface area contributed by atoms with Crippen molar-refractivity contribution in [2.24, 2.45) is 0 Å². The van der Waals surface area contributed by atoms with Crippen LogP contribution in [0.25, 0.3) is 0 Å². The Hall–Kier alpha value is -3.83. The van der Waals surface area contributed by atoms with Crippen LogP contribution in [-0.4, -0.2) is 47.8 Å². The van der Waals surface area contributed by atoms with Gasteiger partial charge in [-0.05, 0) is 42.5 Å². The maximum Gasteiger partial charge on any atom is 0.258 e. The van der Waals surface area contributed by atoms with Gasteiger partial charge in [0.05, 0.1) is 36.9 Å². The Balaban J connectivity index is 1.49. The quantitative estimate of drug-likeness (QED) is 0.486. The Bertz CT molecular complexity index is 1350. The predicted molar refractivity (Wildman–Crippen MR) is 125 cm³/mol. The molecule has 2 N–H and O–H groups in total. The van der Waals surface area contributed by atoms with Gasteiger partial charge < -0.3 is 24.3 Å². The van der Waals surface area contributed by atoms with E-state index in [0.29, 0.717) is 23.0 Å². The zero-order chi connectivity index (χ0) is 25.0. The van der Waals surface area contributed by atoms with Crippen molar-refractivity contribution in [3.8, 4) is 23.0 Å². The molecule has 3 aromatic carbocycles. The first-order chi connectivity index (χ1) is 16.8. The minimum absolute atomic E-state index is 0.0867. The number of fused-ring (bicyclic) bond motifs is 1. The minimum Gasteiger partial charge on any atom is -0.497 e. The Morgan fingerprint density at radius 2 is 1.83 bits per heavy atom. The van der Waals surface area contributed by atoms with Gasteiger partial charge >= 0.3 is 0 Å². The van der Waals surface area contributed by atoms with Crippen LogP contribution in [-0.2, 0) is 10.0 Å². The molecule has 184 valence electrons. The topological polar surface area (TPSA) is 112 Å². The number of carbonyl (C=O) groups is 1. The number of benzene rings is 3. The lowest BCUT2D eigenvalue weighted by molar-refractivity contribution is 0.0943. The van der Waals surface area contributed by atoms with E-state index >= 15 is 0 Å². The van der Waals surface area contributed by atoms with E-state index < -0.39 is 33.4 Å². The molecule has 1 heterocycles. The van der Waals surface area contributed by atoms with Crippen molar-refractivity contribution in [1.82, 2.24) is 4.72 Å². The third-order valence-corrected chi connectivity index (χ3v) is 6.64. The largest absolute Gasteiger partial charge is 0.497 e. The molecule has 0 saturated heterocycles. The van der Waals surface area contributed by atoms with E-state index in [1.807, 2.05) is 0 Å². The van der Waals surface area contributed by atoms with E-state index in [-0.39, 0.29) is 23.7 Å². The highest BCUT2D eigenvalue weighted by atomic mass is 32.2. The smallest absolute Gasteiger partial charge is 0.258 e. The molecule has 4 rings (SSSR count). The Kier molecular flexibility index (Phi) is 7.08. The lowest BCUT2D eigenvalue weighted by Gasteiger charge is -2.26. The Morgan fingerprint density at radius 1 is 1.06 bits per heavy atom. The molecule has 1 aliphatic heterocycles. The Labute approximate surface area is 201 Å². The van der Waals surface area contributed by atoms with Crippen molar-refractivity contribution >= 4 is 21.6 Å². The summed E-state index contributed by atoms with van der Waals surface area (Å²) >= 11 is 0. The van der Waals surface area contributed by atoms with Crippen LogP contribution in [0.2, 0.25) is 0 Å². The van der Waals surface area contributed by atoms with Crippen molar-refractivity contribution in [2.75, 3.05) is 32.7 Å². The number of nitrogens with one attached hydrogen (secondary N) is 2. The SMILES string of the molecule is COc1ccc(OC)c(NC(=O)c2cc(S(=O)(=O)NCC3COc4ccccc4O3)ccc2F)c1. The number of halogens is 1. The fourth-order valence-corrected chi connectivity index (χ4v) is 4.49. The molecule has 35 heavy (non-hydrogen) atoms. The highest BCUT2D eigenvalue weighted by Gasteiger charge is 2.25. The van der Waals surface area contributed by atoms with Crippen LogP contribution in [0.1, 0.15) is 10.4 Å². The number of carbonyl (C=O) groups excluding carboxylic acids is 1. The number of rotatable bonds is 8. The lowest BCUT2D eigenvalue weighted by Crippen LogP contribution is -2.40. The first-order valence-corrected chi connectivity index (χ1v) is 12.0. The molecule has 1 aliphatic rings. The zero-order valence-electron chi connectivity index (χ0n) is 18.9. The number of anilines is 1. The number of amides is 1. The monoisotopic (exact) mass is 502 g/mol. The maximum absolute atomic E-state index is 14.5. The summed E-state index contributed by atoms with van der Waals surface area (Å²) in [5.41, 5.74) is -0.221. The van der Waals surface area contributed by atoms with Crippen molar-refractivity contribution in [3.05, 3.63) is 72.0 Å². The maximum atomic E-state index is 14.5. The minimum atomic E-state index is -4.08. The molecule has 11 heteroatoms. The molecular weight excluding hydrogens is 479 g/mol. The van der Waals surface area contributed by atoms with E-state index in [0.717, 1.165) is 18.2 Å². The Morgan fingerprint density at radius 3 is 2.57 bits per heavy atom. The predicted octanol–water partition coefficient (Wildman–Crippen LogP) is 3.21. The number of sulfonamides is 1. The molecule has 0 fully saturated rings. The normalized spacial score (nSPS) is 14.8. The standard InChI is InChI=1S/C24H23FN2O7S/c1-31-15-7-10-21(32-2)20(11-15)27-24(28)18-12-17(8-9-19(18)25)35(29,30)26-13-16-14-33-22-5-3-4-6-23(22)34-16/h3-12,16,26H,13-14H2,1-2H3,(H,27,28).